The number of hydrazone groups is 1. The third-order valence-electron chi connectivity index (χ3n) is 4.22. The van der Waals surface area contributed by atoms with E-state index in [-0.39, 0.29) is 0 Å². The number of nitrogens with one attached hydrogen (secondary N) is 2. The van der Waals surface area contributed by atoms with Crippen LogP contribution in [0.3, 0.4) is 0 Å². The van der Waals surface area contributed by atoms with Gasteiger partial charge in [0, 0.05) is 5.69 Å². The van der Waals surface area contributed by atoms with E-state index in [4.69, 9.17) is 0 Å². The van der Waals surface area contributed by atoms with Gasteiger partial charge in [0.15, 0.2) is 0 Å². The minimum atomic E-state index is -0.805. The molecule has 5 heteroatoms. The van der Waals surface area contributed by atoms with Crippen LogP contribution in [0.25, 0.3) is 0 Å². The fourth-order valence-electron chi connectivity index (χ4n) is 2.51. The van der Waals surface area contributed by atoms with Crippen molar-refractivity contribution in [3.05, 3.63) is 65.2 Å². The lowest BCUT2D eigenvalue weighted by molar-refractivity contribution is -0.136. The van der Waals surface area contributed by atoms with Crippen molar-refractivity contribution in [1.29, 1.82) is 0 Å². The number of rotatable bonds is 7. The van der Waals surface area contributed by atoms with Crippen molar-refractivity contribution in [3.8, 4) is 0 Å². The molecule has 2 aromatic carbocycles. The van der Waals surface area contributed by atoms with Crippen molar-refractivity contribution < 1.29 is 9.59 Å². The summed E-state index contributed by atoms with van der Waals surface area (Å²) >= 11 is 0. The number of hydrogen-bond acceptors (Lipinski definition) is 3. The molecule has 0 aromatic heterocycles. The summed E-state index contributed by atoms with van der Waals surface area (Å²) in [5, 5.41) is 6.41. The summed E-state index contributed by atoms with van der Waals surface area (Å²) in [6.45, 7) is 6.40. The van der Waals surface area contributed by atoms with E-state index >= 15 is 0 Å². The molecular weight excluding hydrogens is 338 g/mol. The van der Waals surface area contributed by atoms with Gasteiger partial charge >= 0.3 is 11.8 Å². The van der Waals surface area contributed by atoms with Crippen LogP contribution in [0.15, 0.2) is 53.6 Å². The first-order valence-electron chi connectivity index (χ1n) is 9.33. The summed E-state index contributed by atoms with van der Waals surface area (Å²) in [5.74, 6) is -1.09. The predicted octanol–water partition coefficient (Wildman–Crippen LogP) is 4.24. The third-order valence-corrected chi connectivity index (χ3v) is 4.22. The quantitative estimate of drug-likeness (QED) is 0.438. The second-order valence-corrected chi connectivity index (χ2v) is 6.78. The minimum Gasteiger partial charge on any atom is -0.318 e. The van der Waals surface area contributed by atoms with Crippen LogP contribution in [0.4, 0.5) is 5.69 Å². The fraction of sp³-hybridized carbons (Fsp3) is 0.318. The number of carbonyl (C=O) groups excluding carboxylic acids is 2. The second-order valence-electron chi connectivity index (χ2n) is 6.78. The van der Waals surface area contributed by atoms with E-state index in [2.05, 4.69) is 36.6 Å². The zero-order valence-corrected chi connectivity index (χ0v) is 16.2. The van der Waals surface area contributed by atoms with Gasteiger partial charge in [0.25, 0.3) is 0 Å². The van der Waals surface area contributed by atoms with Gasteiger partial charge in [-0.25, -0.2) is 5.43 Å². The van der Waals surface area contributed by atoms with Gasteiger partial charge in [-0.15, -0.1) is 0 Å². The van der Waals surface area contributed by atoms with Crippen LogP contribution in [0.5, 0.6) is 0 Å². The van der Waals surface area contributed by atoms with Gasteiger partial charge < -0.3 is 5.32 Å². The maximum absolute atomic E-state index is 11.9. The molecule has 2 rings (SSSR count). The molecule has 2 amide bonds. The summed E-state index contributed by atoms with van der Waals surface area (Å²) in [7, 11) is 0. The summed E-state index contributed by atoms with van der Waals surface area (Å²) in [5.41, 5.74) is 6.13. The second kappa shape index (κ2) is 10.3. The molecule has 0 spiro atoms. The molecule has 2 N–H and O–H groups in total. The van der Waals surface area contributed by atoms with Crippen molar-refractivity contribution in [2.24, 2.45) is 5.10 Å². The number of amides is 2. The van der Waals surface area contributed by atoms with Crippen molar-refractivity contribution in [3.63, 3.8) is 0 Å². The lowest BCUT2D eigenvalue weighted by Gasteiger charge is -2.06. The van der Waals surface area contributed by atoms with E-state index in [0.29, 0.717) is 11.6 Å². The van der Waals surface area contributed by atoms with Crippen molar-refractivity contribution in [1.82, 2.24) is 5.43 Å². The highest BCUT2D eigenvalue weighted by Gasteiger charge is 2.12. The molecule has 0 aliphatic heterocycles. The Morgan fingerprint density at radius 3 is 2.26 bits per heavy atom. The Bertz CT molecular complexity index is 778. The molecule has 0 radical (unpaired) electrons. The summed E-state index contributed by atoms with van der Waals surface area (Å²) < 4.78 is 0. The standard InChI is InChI=1S/C22H27N3O2/c1-4-5-6-17-9-13-20(14-10-17)24-21(26)22(27)25-23-15-18-7-11-19(12-8-18)16(2)3/h7-16H,4-6H2,1-3H3,(H,24,26)(H,25,27)/b23-15-. The van der Waals surface area contributed by atoms with E-state index in [1.165, 1.54) is 17.3 Å². The minimum absolute atomic E-state index is 0.458. The van der Waals surface area contributed by atoms with Crippen LogP contribution in [-0.2, 0) is 16.0 Å². The average molecular weight is 365 g/mol. The number of aryl methyl sites for hydroxylation is 1. The predicted molar refractivity (Wildman–Crippen MR) is 110 cm³/mol. The molecule has 0 saturated heterocycles. The first kappa shape index (κ1) is 20.4. The molecule has 0 bridgehead atoms. The number of benzene rings is 2. The van der Waals surface area contributed by atoms with Crippen LogP contribution in [-0.4, -0.2) is 18.0 Å². The largest absolute Gasteiger partial charge is 0.329 e. The van der Waals surface area contributed by atoms with Crippen molar-refractivity contribution >= 4 is 23.7 Å². The van der Waals surface area contributed by atoms with Crippen LogP contribution < -0.4 is 10.7 Å². The monoisotopic (exact) mass is 365 g/mol. The van der Waals surface area contributed by atoms with Crippen molar-refractivity contribution in [2.75, 3.05) is 5.32 Å². The molecule has 27 heavy (non-hydrogen) atoms. The number of nitrogens with zero attached hydrogens (tertiary/aromatic N) is 1. The molecule has 0 atom stereocenters. The molecule has 2 aromatic rings. The topological polar surface area (TPSA) is 70.6 Å². The van der Waals surface area contributed by atoms with E-state index in [1.54, 1.807) is 12.1 Å². The average Bonchev–Trinajstić information content (AvgIpc) is 2.67. The molecule has 0 saturated carbocycles. The van der Waals surface area contributed by atoms with Gasteiger partial charge in [0.05, 0.1) is 6.21 Å². The van der Waals surface area contributed by atoms with Gasteiger partial charge in [-0.1, -0.05) is 63.6 Å². The molecule has 142 valence electrons. The van der Waals surface area contributed by atoms with Crippen LogP contribution in [0.2, 0.25) is 0 Å². The number of anilines is 1. The Hall–Kier alpha value is -2.95. The smallest absolute Gasteiger partial charge is 0.318 e. The normalized spacial score (nSPS) is 11.0. The number of unbranched alkanes of at least 4 members (excludes halogenated alkanes) is 1. The molecule has 0 aliphatic rings. The van der Waals surface area contributed by atoms with E-state index in [0.717, 1.165) is 24.8 Å². The molecule has 0 heterocycles. The maximum Gasteiger partial charge on any atom is 0.329 e. The van der Waals surface area contributed by atoms with Gasteiger partial charge in [0.1, 0.15) is 0 Å². The fourth-order valence-corrected chi connectivity index (χ4v) is 2.51. The van der Waals surface area contributed by atoms with Gasteiger partial charge in [-0.3, -0.25) is 9.59 Å². The summed E-state index contributed by atoms with van der Waals surface area (Å²) in [6.07, 6.45) is 4.79. The molecule has 0 aliphatic carbocycles. The summed E-state index contributed by atoms with van der Waals surface area (Å²) in [6, 6.07) is 15.4. The SMILES string of the molecule is CCCCc1ccc(NC(=O)C(=O)N/N=C\c2ccc(C(C)C)cc2)cc1. The molecule has 0 unspecified atom stereocenters. The van der Waals surface area contributed by atoms with Crippen LogP contribution in [0, 0.1) is 0 Å². The Kier molecular flexibility index (Phi) is 7.74. The molecular formula is C22H27N3O2. The van der Waals surface area contributed by atoms with E-state index in [1.807, 2.05) is 36.4 Å². The Morgan fingerprint density at radius 1 is 1.00 bits per heavy atom. The highest BCUT2D eigenvalue weighted by atomic mass is 16.2. The molecule has 0 fully saturated rings. The zero-order valence-electron chi connectivity index (χ0n) is 16.2. The van der Waals surface area contributed by atoms with Gasteiger partial charge in [-0.2, -0.15) is 5.10 Å². The summed E-state index contributed by atoms with van der Waals surface area (Å²) in [4.78, 5) is 23.8. The Morgan fingerprint density at radius 2 is 1.67 bits per heavy atom. The Balaban J connectivity index is 1.83. The lowest BCUT2D eigenvalue weighted by Crippen LogP contribution is -2.32. The first-order chi connectivity index (χ1) is 13.0. The maximum atomic E-state index is 11.9. The highest BCUT2D eigenvalue weighted by Crippen LogP contribution is 2.14. The van der Waals surface area contributed by atoms with Crippen LogP contribution in [0.1, 0.15) is 56.2 Å². The van der Waals surface area contributed by atoms with Gasteiger partial charge in [-0.05, 0) is 47.6 Å². The van der Waals surface area contributed by atoms with Crippen molar-refractivity contribution in [2.45, 2.75) is 46.0 Å². The lowest BCUT2D eigenvalue weighted by atomic mass is 10.0. The van der Waals surface area contributed by atoms with Crippen LogP contribution >= 0.6 is 0 Å². The number of hydrogen-bond donors (Lipinski definition) is 2. The number of carbonyl (C=O) groups is 2. The third kappa shape index (κ3) is 6.70. The Labute approximate surface area is 160 Å². The highest BCUT2D eigenvalue weighted by molar-refractivity contribution is 6.39. The first-order valence-corrected chi connectivity index (χ1v) is 9.33. The zero-order chi connectivity index (χ0) is 19.6. The molecule has 5 nitrogen and oxygen atoms in total. The van der Waals surface area contributed by atoms with Gasteiger partial charge in [0.2, 0.25) is 0 Å². The van der Waals surface area contributed by atoms with E-state index < -0.39 is 11.8 Å². The van der Waals surface area contributed by atoms with E-state index in [9.17, 15) is 9.59 Å².